The summed E-state index contributed by atoms with van der Waals surface area (Å²) in [6.07, 6.45) is 0.577. The molecule has 0 fully saturated rings. The number of ether oxygens (including phenoxy) is 3. The van der Waals surface area contributed by atoms with Crippen molar-refractivity contribution in [1.29, 1.82) is 0 Å². The average Bonchev–Trinajstić information content (AvgIpc) is 3.15. The average molecular weight is 503 g/mol. The lowest BCUT2D eigenvalue weighted by molar-refractivity contribution is -0.146. The van der Waals surface area contributed by atoms with Gasteiger partial charge in [0.05, 0.1) is 32.8 Å². The van der Waals surface area contributed by atoms with Crippen molar-refractivity contribution in [2.75, 3.05) is 21.3 Å². The van der Waals surface area contributed by atoms with E-state index in [0.29, 0.717) is 16.5 Å². The number of amides is 1. The molecule has 11 nitrogen and oxygen atoms in total. The molecule has 0 saturated carbocycles. The van der Waals surface area contributed by atoms with E-state index in [1.165, 1.54) is 23.8 Å². The standard InChI is InChI=1S/C23H22N2O9S/c1-32-17-7-6-16-13-25(20(26)19(16)12-17)14-23(21(27)33-2,24-22(28)34-3)11-10-15-4-8-18(9-5-15)35(29,30)31/h4-9,12-13,26H,14H2,1-3H3,(H,24,28)(H,29,30,31)/t23-/m1/s1. The number of aromatic nitrogens is 1. The number of carbonyl (C=O) groups is 2. The molecule has 1 aromatic heterocycles. The quantitative estimate of drug-likeness (QED) is 0.261. The lowest BCUT2D eigenvalue weighted by Gasteiger charge is -2.27. The summed E-state index contributed by atoms with van der Waals surface area (Å²) < 4.78 is 47.7. The predicted octanol–water partition coefficient (Wildman–Crippen LogP) is 1.92. The van der Waals surface area contributed by atoms with Gasteiger partial charge >= 0.3 is 12.1 Å². The Morgan fingerprint density at radius 2 is 1.77 bits per heavy atom. The van der Waals surface area contributed by atoms with E-state index in [1.807, 2.05) is 0 Å². The molecular weight excluding hydrogens is 480 g/mol. The van der Waals surface area contributed by atoms with Crippen LogP contribution in [0.25, 0.3) is 10.8 Å². The summed E-state index contributed by atoms with van der Waals surface area (Å²) >= 11 is 0. The minimum Gasteiger partial charge on any atom is -0.497 e. The molecule has 12 heteroatoms. The second kappa shape index (κ2) is 9.96. The van der Waals surface area contributed by atoms with E-state index in [9.17, 15) is 23.1 Å². The van der Waals surface area contributed by atoms with Gasteiger partial charge in [0, 0.05) is 22.5 Å². The fourth-order valence-electron chi connectivity index (χ4n) is 3.29. The number of aromatic hydroxyl groups is 1. The van der Waals surface area contributed by atoms with Crippen molar-refractivity contribution in [3.05, 3.63) is 54.2 Å². The fourth-order valence-corrected chi connectivity index (χ4v) is 3.77. The molecule has 0 radical (unpaired) electrons. The maximum atomic E-state index is 12.9. The molecule has 35 heavy (non-hydrogen) atoms. The van der Waals surface area contributed by atoms with Gasteiger partial charge in [0.1, 0.15) is 5.75 Å². The summed E-state index contributed by atoms with van der Waals surface area (Å²) in [6.45, 7) is -0.367. The van der Waals surface area contributed by atoms with Gasteiger partial charge in [0.25, 0.3) is 10.1 Å². The molecule has 0 bridgehead atoms. The first-order valence-electron chi connectivity index (χ1n) is 9.94. The van der Waals surface area contributed by atoms with Crippen LogP contribution in [0, 0.1) is 11.8 Å². The number of nitrogens with zero attached hydrogens (tertiary/aromatic N) is 1. The van der Waals surface area contributed by atoms with Crippen LogP contribution in [0.15, 0.2) is 53.6 Å². The molecule has 0 saturated heterocycles. The van der Waals surface area contributed by atoms with E-state index in [2.05, 4.69) is 21.9 Å². The van der Waals surface area contributed by atoms with Crippen LogP contribution in [-0.4, -0.2) is 61.6 Å². The Balaban J connectivity index is 2.11. The van der Waals surface area contributed by atoms with E-state index in [4.69, 9.17) is 14.0 Å². The fraction of sp³-hybridized carbons (Fsp3) is 0.217. The zero-order chi connectivity index (χ0) is 25.8. The van der Waals surface area contributed by atoms with Crippen LogP contribution in [0.5, 0.6) is 11.6 Å². The molecule has 0 aliphatic rings. The normalized spacial score (nSPS) is 12.7. The largest absolute Gasteiger partial charge is 0.497 e. The smallest absolute Gasteiger partial charge is 0.408 e. The Morgan fingerprint density at radius 3 is 2.34 bits per heavy atom. The van der Waals surface area contributed by atoms with Crippen LogP contribution in [-0.2, 0) is 30.9 Å². The molecule has 1 amide bonds. The molecule has 2 aromatic carbocycles. The van der Waals surface area contributed by atoms with Gasteiger partial charge in [-0.3, -0.25) is 9.87 Å². The van der Waals surface area contributed by atoms with Gasteiger partial charge in [-0.1, -0.05) is 11.8 Å². The van der Waals surface area contributed by atoms with Crippen LogP contribution < -0.4 is 10.1 Å². The maximum absolute atomic E-state index is 12.9. The SMILES string of the molecule is COC(=O)N[C@](C#Cc1ccc(S(=O)(=O)O)cc1)(Cn1cc2ccc(OC)cc2c1O)C(=O)OC. The minimum atomic E-state index is -4.40. The number of fused-ring (bicyclic) bond motifs is 1. The third kappa shape index (κ3) is 5.48. The van der Waals surface area contributed by atoms with E-state index < -0.39 is 27.7 Å². The van der Waals surface area contributed by atoms with Gasteiger partial charge in [0.15, 0.2) is 5.88 Å². The first-order chi connectivity index (χ1) is 16.5. The highest BCUT2D eigenvalue weighted by molar-refractivity contribution is 7.85. The third-order valence-corrected chi connectivity index (χ3v) is 5.95. The molecule has 3 rings (SSSR count). The molecular formula is C23H22N2O9S. The first kappa shape index (κ1) is 25.4. The number of nitrogens with one attached hydrogen (secondary N) is 1. The number of hydrogen-bond donors (Lipinski definition) is 3. The predicted molar refractivity (Wildman–Crippen MR) is 124 cm³/mol. The topological polar surface area (TPSA) is 153 Å². The van der Waals surface area contributed by atoms with Crippen LogP contribution in [0.3, 0.4) is 0 Å². The van der Waals surface area contributed by atoms with Gasteiger partial charge in [-0.15, -0.1) is 0 Å². The van der Waals surface area contributed by atoms with Crippen molar-refractivity contribution in [2.45, 2.75) is 17.0 Å². The maximum Gasteiger partial charge on any atom is 0.408 e. The number of benzene rings is 2. The number of esters is 1. The molecule has 1 atom stereocenters. The summed E-state index contributed by atoms with van der Waals surface area (Å²) in [5.41, 5.74) is -1.75. The Bertz CT molecular complexity index is 1430. The van der Waals surface area contributed by atoms with E-state index >= 15 is 0 Å². The van der Waals surface area contributed by atoms with Gasteiger partial charge in [-0.05, 0) is 42.5 Å². The Kier molecular flexibility index (Phi) is 7.23. The number of methoxy groups -OCH3 is 3. The van der Waals surface area contributed by atoms with E-state index in [1.54, 1.807) is 24.4 Å². The Hall–Kier alpha value is -4.21. The van der Waals surface area contributed by atoms with Crippen molar-refractivity contribution in [3.63, 3.8) is 0 Å². The summed E-state index contributed by atoms with van der Waals surface area (Å²) in [7, 11) is -0.706. The zero-order valence-electron chi connectivity index (χ0n) is 18.9. The van der Waals surface area contributed by atoms with Crippen molar-refractivity contribution in [3.8, 4) is 23.5 Å². The van der Waals surface area contributed by atoms with Crippen molar-refractivity contribution in [2.24, 2.45) is 0 Å². The molecule has 0 unspecified atom stereocenters. The summed E-state index contributed by atoms with van der Waals surface area (Å²) in [4.78, 5) is 24.7. The number of alkyl carbamates (subject to hydrolysis) is 1. The summed E-state index contributed by atoms with van der Waals surface area (Å²) in [5.74, 6) is 4.70. The van der Waals surface area contributed by atoms with Crippen molar-refractivity contribution in [1.82, 2.24) is 9.88 Å². The minimum absolute atomic E-state index is 0.210. The molecule has 1 heterocycles. The van der Waals surface area contributed by atoms with Crippen LogP contribution in [0.1, 0.15) is 5.56 Å². The van der Waals surface area contributed by atoms with E-state index in [0.717, 1.165) is 26.4 Å². The number of carbonyl (C=O) groups excluding carboxylic acids is 2. The third-order valence-electron chi connectivity index (χ3n) is 5.08. The lowest BCUT2D eigenvalue weighted by Crippen LogP contribution is -2.56. The van der Waals surface area contributed by atoms with Crippen molar-refractivity contribution >= 4 is 33.0 Å². The molecule has 0 aliphatic carbocycles. The highest BCUT2D eigenvalue weighted by atomic mass is 32.2. The highest BCUT2D eigenvalue weighted by Gasteiger charge is 2.41. The monoisotopic (exact) mass is 502 g/mol. The summed E-state index contributed by atoms with van der Waals surface area (Å²) in [6, 6.07) is 9.89. The van der Waals surface area contributed by atoms with Crippen LogP contribution >= 0.6 is 0 Å². The molecule has 0 spiro atoms. The highest BCUT2D eigenvalue weighted by Crippen LogP contribution is 2.31. The van der Waals surface area contributed by atoms with Gasteiger partial charge in [-0.2, -0.15) is 8.42 Å². The van der Waals surface area contributed by atoms with Crippen molar-refractivity contribution < 1.29 is 41.9 Å². The molecule has 3 aromatic rings. The lowest BCUT2D eigenvalue weighted by atomic mass is 9.99. The van der Waals surface area contributed by atoms with Gasteiger partial charge in [-0.25, -0.2) is 9.59 Å². The second-order valence-corrected chi connectivity index (χ2v) is 8.72. The van der Waals surface area contributed by atoms with E-state index in [-0.39, 0.29) is 22.9 Å². The molecule has 0 aliphatic heterocycles. The first-order valence-corrected chi connectivity index (χ1v) is 11.4. The van der Waals surface area contributed by atoms with Crippen LogP contribution in [0.2, 0.25) is 0 Å². The molecule has 3 N–H and O–H groups in total. The Morgan fingerprint density at radius 1 is 1.09 bits per heavy atom. The van der Waals surface area contributed by atoms with Gasteiger partial charge in [0.2, 0.25) is 5.54 Å². The number of rotatable bonds is 6. The van der Waals surface area contributed by atoms with Gasteiger partial charge < -0.3 is 23.9 Å². The number of hydrogen-bond acceptors (Lipinski definition) is 8. The second-order valence-electron chi connectivity index (χ2n) is 7.30. The molecule has 184 valence electrons. The zero-order valence-corrected chi connectivity index (χ0v) is 19.8. The Labute approximate surface area is 201 Å². The summed E-state index contributed by atoms with van der Waals surface area (Å²) in [5, 5.41) is 14.2. The van der Waals surface area contributed by atoms with Crippen LogP contribution in [0.4, 0.5) is 4.79 Å².